The highest BCUT2D eigenvalue weighted by molar-refractivity contribution is 5.65. The first kappa shape index (κ1) is 6.66. The maximum Gasteiger partial charge on any atom is 0.304 e. The van der Waals surface area contributed by atoms with Crippen molar-refractivity contribution in [1.29, 1.82) is 0 Å². The second kappa shape index (κ2) is 2.90. The third-order valence-electron chi connectivity index (χ3n) is 0.792. The molecule has 0 N–H and O–H groups in total. The van der Waals surface area contributed by atoms with Crippen LogP contribution in [0.1, 0.15) is 6.92 Å². The Bertz CT molecular complexity index is 207. The summed E-state index contributed by atoms with van der Waals surface area (Å²) in [6.45, 7) is 1.40. The quantitative estimate of drug-likeness (QED) is 0.505. The minimum atomic E-state index is -0.351. The summed E-state index contributed by atoms with van der Waals surface area (Å²) in [6, 6.07) is 0. The van der Waals surface area contributed by atoms with Crippen LogP contribution in [0.25, 0.3) is 0 Å². The SMILES string of the molecule is CC(=O)OCn1cnnn1. The molecule has 0 saturated carbocycles. The van der Waals surface area contributed by atoms with Gasteiger partial charge in [-0.15, -0.1) is 5.10 Å². The van der Waals surface area contributed by atoms with Crippen molar-refractivity contribution in [1.82, 2.24) is 20.2 Å². The topological polar surface area (TPSA) is 69.9 Å². The molecule has 0 bridgehead atoms. The molecule has 1 rings (SSSR count). The molecule has 10 heavy (non-hydrogen) atoms. The Labute approximate surface area is 56.8 Å². The van der Waals surface area contributed by atoms with Gasteiger partial charge in [0.1, 0.15) is 6.33 Å². The fraction of sp³-hybridized carbons (Fsp3) is 0.500. The second-order valence-electron chi connectivity index (χ2n) is 1.61. The molecule has 0 aliphatic rings. The van der Waals surface area contributed by atoms with E-state index in [1.54, 1.807) is 0 Å². The molecule has 0 amide bonds. The summed E-state index contributed by atoms with van der Waals surface area (Å²) >= 11 is 0. The Kier molecular flexibility index (Phi) is 1.93. The molecule has 54 valence electrons. The van der Waals surface area contributed by atoms with Crippen LogP contribution in [0.4, 0.5) is 0 Å². The highest BCUT2D eigenvalue weighted by Crippen LogP contribution is 1.80. The van der Waals surface area contributed by atoms with Crippen LogP contribution < -0.4 is 0 Å². The average molecular weight is 142 g/mol. The molecule has 1 aromatic heterocycles. The summed E-state index contributed by atoms with van der Waals surface area (Å²) in [5, 5.41) is 10.1. The first-order valence-electron chi connectivity index (χ1n) is 2.63. The molecule has 0 aliphatic heterocycles. The Balaban J connectivity index is 2.35. The summed E-state index contributed by atoms with van der Waals surface area (Å²) in [5.74, 6) is -0.351. The third kappa shape index (κ3) is 1.81. The zero-order chi connectivity index (χ0) is 7.40. The molecule has 6 heteroatoms. The Morgan fingerprint density at radius 2 is 2.60 bits per heavy atom. The average Bonchev–Trinajstić information content (AvgIpc) is 2.34. The van der Waals surface area contributed by atoms with Gasteiger partial charge >= 0.3 is 5.97 Å². The van der Waals surface area contributed by atoms with Gasteiger partial charge in [0.25, 0.3) is 0 Å². The van der Waals surface area contributed by atoms with Gasteiger partial charge in [-0.3, -0.25) is 4.79 Å². The molecular weight excluding hydrogens is 136 g/mol. The van der Waals surface area contributed by atoms with Gasteiger partial charge < -0.3 is 4.74 Å². The van der Waals surface area contributed by atoms with E-state index in [0.717, 1.165) is 0 Å². The number of esters is 1. The summed E-state index contributed by atoms with van der Waals surface area (Å²) in [6.07, 6.45) is 1.36. The van der Waals surface area contributed by atoms with E-state index in [1.165, 1.54) is 17.9 Å². The number of ether oxygens (including phenoxy) is 1. The zero-order valence-corrected chi connectivity index (χ0v) is 5.39. The van der Waals surface area contributed by atoms with Gasteiger partial charge in [0.2, 0.25) is 0 Å². The maximum absolute atomic E-state index is 10.2. The molecule has 0 radical (unpaired) electrons. The third-order valence-corrected chi connectivity index (χ3v) is 0.792. The lowest BCUT2D eigenvalue weighted by molar-refractivity contribution is -0.145. The van der Waals surface area contributed by atoms with E-state index in [9.17, 15) is 4.79 Å². The van der Waals surface area contributed by atoms with E-state index >= 15 is 0 Å². The Hall–Kier alpha value is -1.46. The molecule has 1 heterocycles. The van der Waals surface area contributed by atoms with Gasteiger partial charge in [-0.25, -0.2) is 0 Å². The predicted molar refractivity (Wildman–Crippen MR) is 29.6 cm³/mol. The van der Waals surface area contributed by atoms with E-state index < -0.39 is 0 Å². The van der Waals surface area contributed by atoms with E-state index in [-0.39, 0.29) is 12.7 Å². The van der Waals surface area contributed by atoms with Crippen molar-refractivity contribution < 1.29 is 9.53 Å². The summed E-state index contributed by atoms with van der Waals surface area (Å²) in [5.41, 5.74) is 0. The smallest absolute Gasteiger partial charge is 0.304 e. The molecular formula is C4H6N4O2. The summed E-state index contributed by atoms with van der Waals surface area (Å²) in [4.78, 5) is 10.2. The van der Waals surface area contributed by atoms with Gasteiger partial charge in [0.15, 0.2) is 6.73 Å². The molecule has 6 nitrogen and oxygen atoms in total. The number of nitrogens with zero attached hydrogens (tertiary/aromatic N) is 4. The van der Waals surface area contributed by atoms with Crippen LogP contribution in [0.2, 0.25) is 0 Å². The fourth-order valence-electron chi connectivity index (χ4n) is 0.396. The normalized spacial score (nSPS) is 9.30. The molecule has 0 saturated heterocycles. The van der Waals surface area contributed by atoms with Crippen molar-refractivity contribution in [2.24, 2.45) is 0 Å². The highest BCUT2D eigenvalue weighted by atomic mass is 16.5. The minimum absolute atomic E-state index is 0.0718. The standard InChI is InChI=1S/C4H6N4O2/c1-4(9)10-3-8-2-5-6-7-8/h2H,3H2,1H3. The van der Waals surface area contributed by atoms with Crippen molar-refractivity contribution in [2.45, 2.75) is 13.7 Å². The molecule has 1 aromatic rings. The van der Waals surface area contributed by atoms with Crippen molar-refractivity contribution in [3.05, 3.63) is 6.33 Å². The Morgan fingerprint density at radius 1 is 1.80 bits per heavy atom. The molecule has 0 atom stereocenters. The highest BCUT2D eigenvalue weighted by Gasteiger charge is 1.93. The number of tetrazole rings is 1. The van der Waals surface area contributed by atoms with E-state index in [0.29, 0.717) is 0 Å². The van der Waals surface area contributed by atoms with E-state index in [1.807, 2.05) is 0 Å². The van der Waals surface area contributed by atoms with Gasteiger partial charge in [0.05, 0.1) is 0 Å². The van der Waals surface area contributed by atoms with Crippen molar-refractivity contribution in [3.63, 3.8) is 0 Å². The van der Waals surface area contributed by atoms with E-state index in [2.05, 4.69) is 20.3 Å². The predicted octanol–water partition coefficient (Wildman–Crippen LogP) is -0.806. The number of hydrogen-bond donors (Lipinski definition) is 0. The first-order valence-corrected chi connectivity index (χ1v) is 2.63. The second-order valence-corrected chi connectivity index (χ2v) is 1.61. The van der Waals surface area contributed by atoms with Gasteiger partial charge in [-0.2, -0.15) is 4.68 Å². The fourth-order valence-corrected chi connectivity index (χ4v) is 0.396. The van der Waals surface area contributed by atoms with Gasteiger partial charge in [-0.05, 0) is 10.4 Å². The lowest BCUT2D eigenvalue weighted by Gasteiger charge is -1.97. The molecule has 0 aromatic carbocycles. The maximum atomic E-state index is 10.2. The van der Waals surface area contributed by atoms with Crippen LogP contribution in [0.3, 0.4) is 0 Å². The largest absolute Gasteiger partial charge is 0.442 e. The number of carbonyl (C=O) groups is 1. The summed E-state index contributed by atoms with van der Waals surface area (Å²) < 4.78 is 5.87. The minimum Gasteiger partial charge on any atom is -0.442 e. The monoisotopic (exact) mass is 142 g/mol. The number of aromatic nitrogens is 4. The lowest BCUT2D eigenvalue weighted by atomic mass is 10.8. The number of rotatable bonds is 2. The van der Waals surface area contributed by atoms with Crippen LogP contribution in [0.5, 0.6) is 0 Å². The zero-order valence-electron chi connectivity index (χ0n) is 5.39. The van der Waals surface area contributed by atoms with E-state index in [4.69, 9.17) is 0 Å². The first-order chi connectivity index (χ1) is 4.79. The molecule has 0 spiro atoms. The summed E-state index contributed by atoms with van der Waals surface area (Å²) in [7, 11) is 0. The molecule has 0 fully saturated rings. The molecule has 0 unspecified atom stereocenters. The lowest BCUT2D eigenvalue weighted by Crippen LogP contribution is -2.06. The van der Waals surface area contributed by atoms with Gasteiger partial charge in [-0.1, -0.05) is 0 Å². The van der Waals surface area contributed by atoms with Crippen molar-refractivity contribution >= 4 is 5.97 Å². The van der Waals surface area contributed by atoms with Crippen LogP contribution in [-0.4, -0.2) is 26.2 Å². The number of carbonyl (C=O) groups excluding carboxylic acids is 1. The van der Waals surface area contributed by atoms with Crippen LogP contribution in [-0.2, 0) is 16.3 Å². The Morgan fingerprint density at radius 3 is 3.10 bits per heavy atom. The van der Waals surface area contributed by atoms with Gasteiger partial charge in [0, 0.05) is 6.92 Å². The molecule has 0 aliphatic carbocycles. The number of hydrogen-bond acceptors (Lipinski definition) is 5. The van der Waals surface area contributed by atoms with Crippen LogP contribution in [0.15, 0.2) is 6.33 Å². The van der Waals surface area contributed by atoms with Crippen molar-refractivity contribution in [2.75, 3.05) is 0 Å². The van der Waals surface area contributed by atoms with Crippen LogP contribution >= 0.6 is 0 Å². The van der Waals surface area contributed by atoms with Crippen LogP contribution in [0, 0.1) is 0 Å². The van der Waals surface area contributed by atoms with Crippen molar-refractivity contribution in [3.8, 4) is 0 Å².